The van der Waals surface area contributed by atoms with Gasteiger partial charge in [-0.25, -0.2) is 9.79 Å². The maximum atomic E-state index is 13.1. The van der Waals surface area contributed by atoms with Crippen LogP contribution in [0, 0.1) is 6.92 Å². The number of amides is 2. The third-order valence-electron chi connectivity index (χ3n) is 6.21. The first-order valence-electron chi connectivity index (χ1n) is 10.9. The summed E-state index contributed by atoms with van der Waals surface area (Å²) in [4.78, 5) is 47.7. The fourth-order valence-electron chi connectivity index (χ4n) is 4.34. The Morgan fingerprint density at radius 2 is 1.70 bits per heavy atom. The van der Waals surface area contributed by atoms with E-state index in [9.17, 15) is 14.4 Å². The van der Waals surface area contributed by atoms with Gasteiger partial charge in [-0.1, -0.05) is 41.6 Å². The third-order valence-corrected chi connectivity index (χ3v) is 7.10. The fourth-order valence-corrected chi connectivity index (χ4v) is 5.31. The van der Waals surface area contributed by atoms with E-state index in [0.717, 1.165) is 22.0 Å². The van der Waals surface area contributed by atoms with Crippen LogP contribution in [0.5, 0.6) is 0 Å². The van der Waals surface area contributed by atoms with Crippen LogP contribution in [0.3, 0.4) is 0 Å². The SMILES string of the molecule is COC(=O)C1=C(C)N=C2SC=C(CC(=O)N3CCN(C(C)=O)CC3)N2C1c1ccc(C)cc1. The highest BCUT2D eigenvalue weighted by molar-refractivity contribution is 8.16. The number of methoxy groups -OCH3 is 1. The average molecular weight is 469 g/mol. The molecule has 8 nitrogen and oxygen atoms in total. The van der Waals surface area contributed by atoms with E-state index in [1.165, 1.54) is 18.9 Å². The predicted molar refractivity (Wildman–Crippen MR) is 127 cm³/mol. The lowest BCUT2D eigenvalue weighted by atomic mass is 9.93. The maximum absolute atomic E-state index is 13.1. The predicted octanol–water partition coefficient (Wildman–Crippen LogP) is 2.82. The number of carbonyl (C=O) groups excluding carboxylic acids is 3. The van der Waals surface area contributed by atoms with Crippen LogP contribution in [-0.2, 0) is 19.1 Å². The quantitative estimate of drug-likeness (QED) is 0.632. The van der Waals surface area contributed by atoms with Gasteiger partial charge in [-0.05, 0) is 24.8 Å². The number of thioether (sulfide) groups is 1. The van der Waals surface area contributed by atoms with Crippen LogP contribution in [0.1, 0.15) is 37.4 Å². The molecule has 4 rings (SSSR count). The number of nitrogens with zero attached hydrogens (tertiary/aromatic N) is 4. The molecule has 3 aliphatic rings. The average Bonchev–Trinajstić information content (AvgIpc) is 3.20. The number of benzene rings is 1. The van der Waals surface area contributed by atoms with Crippen molar-refractivity contribution in [1.82, 2.24) is 14.7 Å². The van der Waals surface area contributed by atoms with Gasteiger partial charge in [-0.2, -0.15) is 0 Å². The van der Waals surface area contributed by atoms with E-state index in [-0.39, 0.29) is 18.2 Å². The highest BCUT2D eigenvalue weighted by Gasteiger charge is 2.41. The maximum Gasteiger partial charge on any atom is 0.338 e. The van der Waals surface area contributed by atoms with E-state index in [0.29, 0.717) is 37.4 Å². The van der Waals surface area contributed by atoms with E-state index in [4.69, 9.17) is 4.74 Å². The molecule has 33 heavy (non-hydrogen) atoms. The first kappa shape index (κ1) is 23.1. The van der Waals surface area contributed by atoms with Gasteiger partial charge in [0.15, 0.2) is 5.17 Å². The van der Waals surface area contributed by atoms with E-state index in [1.54, 1.807) is 16.7 Å². The highest BCUT2D eigenvalue weighted by Crippen LogP contribution is 2.44. The summed E-state index contributed by atoms with van der Waals surface area (Å²) >= 11 is 1.46. The van der Waals surface area contributed by atoms with Gasteiger partial charge in [0.25, 0.3) is 0 Å². The number of amidine groups is 1. The molecule has 174 valence electrons. The number of rotatable bonds is 4. The molecule has 1 unspecified atom stereocenters. The van der Waals surface area contributed by atoms with E-state index in [1.807, 2.05) is 48.4 Å². The highest BCUT2D eigenvalue weighted by atomic mass is 32.2. The van der Waals surface area contributed by atoms with Gasteiger partial charge in [0, 0.05) is 38.8 Å². The molecule has 0 saturated carbocycles. The fraction of sp³-hybridized carbons (Fsp3) is 0.417. The molecule has 3 aliphatic heterocycles. The van der Waals surface area contributed by atoms with Gasteiger partial charge >= 0.3 is 5.97 Å². The molecule has 0 bridgehead atoms. The van der Waals surface area contributed by atoms with Gasteiger partial charge in [0.1, 0.15) is 0 Å². The van der Waals surface area contributed by atoms with Crippen LogP contribution in [0.2, 0.25) is 0 Å². The minimum atomic E-state index is -0.427. The zero-order valence-corrected chi connectivity index (χ0v) is 20.1. The van der Waals surface area contributed by atoms with Crippen LogP contribution >= 0.6 is 11.8 Å². The first-order chi connectivity index (χ1) is 15.8. The number of aryl methyl sites for hydroxylation is 1. The Balaban J connectivity index is 1.60. The van der Waals surface area contributed by atoms with Gasteiger partial charge in [0.2, 0.25) is 11.8 Å². The summed E-state index contributed by atoms with van der Waals surface area (Å²) in [6.07, 6.45) is 0.196. The summed E-state index contributed by atoms with van der Waals surface area (Å²) in [7, 11) is 1.37. The van der Waals surface area contributed by atoms with Crippen molar-refractivity contribution < 1.29 is 19.1 Å². The van der Waals surface area contributed by atoms with Crippen molar-refractivity contribution in [2.45, 2.75) is 33.2 Å². The lowest BCUT2D eigenvalue weighted by Crippen LogP contribution is -2.50. The first-order valence-corrected chi connectivity index (χ1v) is 11.8. The molecule has 1 aromatic rings. The number of hydrogen-bond acceptors (Lipinski definition) is 7. The molecule has 0 radical (unpaired) electrons. The topological polar surface area (TPSA) is 82.5 Å². The summed E-state index contributed by atoms with van der Waals surface area (Å²) < 4.78 is 5.10. The Morgan fingerprint density at radius 3 is 2.30 bits per heavy atom. The summed E-state index contributed by atoms with van der Waals surface area (Å²) in [6.45, 7) is 7.52. The summed E-state index contributed by atoms with van der Waals surface area (Å²) in [5.41, 5.74) is 3.95. The molecule has 1 aromatic carbocycles. The lowest BCUT2D eigenvalue weighted by Gasteiger charge is -2.37. The molecule has 9 heteroatoms. The molecular weight excluding hydrogens is 440 g/mol. The van der Waals surface area contributed by atoms with E-state index < -0.39 is 12.0 Å². The Labute approximate surface area is 197 Å². The molecule has 3 heterocycles. The van der Waals surface area contributed by atoms with Gasteiger partial charge in [0.05, 0.1) is 30.8 Å². The number of allylic oxidation sites excluding steroid dienone is 1. The number of esters is 1. The van der Waals surface area contributed by atoms with E-state index >= 15 is 0 Å². The number of piperazine rings is 1. The molecular formula is C24H28N4O4S. The monoisotopic (exact) mass is 468 g/mol. The summed E-state index contributed by atoms with van der Waals surface area (Å²) in [6, 6.07) is 7.61. The number of aliphatic imine (C=N–C) groups is 1. The number of fused-ring (bicyclic) bond motifs is 1. The largest absolute Gasteiger partial charge is 0.466 e. The van der Waals surface area contributed by atoms with Gasteiger partial charge < -0.3 is 19.4 Å². The van der Waals surface area contributed by atoms with Crippen molar-refractivity contribution >= 4 is 34.7 Å². The Kier molecular flexibility index (Phi) is 6.60. The van der Waals surface area contributed by atoms with Crippen LogP contribution < -0.4 is 0 Å². The number of ether oxygens (including phenoxy) is 1. The standard InChI is InChI=1S/C24H28N4O4S/c1-15-5-7-18(8-6-15)22-21(23(31)32-4)16(2)25-24-28(22)19(14-33-24)13-20(30)27-11-9-26(10-12-27)17(3)29/h5-8,14,22H,9-13H2,1-4H3. The third kappa shape index (κ3) is 4.55. The molecule has 1 saturated heterocycles. The number of carbonyl (C=O) groups is 3. The van der Waals surface area contributed by atoms with Crippen molar-refractivity contribution in [1.29, 1.82) is 0 Å². The Hall–Kier alpha value is -3.07. The van der Waals surface area contributed by atoms with Crippen molar-refractivity contribution in [3.63, 3.8) is 0 Å². The van der Waals surface area contributed by atoms with Crippen molar-refractivity contribution in [3.8, 4) is 0 Å². The normalized spacial score (nSPS) is 20.4. The molecule has 1 fully saturated rings. The molecule has 0 spiro atoms. The summed E-state index contributed by atoms with van der Waals surface area (Å²) in [5, 5.41) is 2.69. The lowest BCUT2D eigenvalue weighted by molar-refractivity contribution is -0.138. The second-order valence-electron chi connectivity index (χ2n) is 8.36. The van der Waals surface area contributed by atoms with Crippen LogP contribution in [0.25, 0.3) is 0 Å². The van der Waals surface area contributed by atoms with Crippen molar-refractivity contribution in [2.24, 2.45) is 4.99 Å². The Bertz CT molecular complexity index is 1070. The molecule has 0 aromatic heterocycles. The zero-order valence-electron chi connectivity index (χ0n) is 19.3. The smallest absolute Gasteiger partial charge is 0.338 e. The van der Waals surface area contributed by atoms with E-state index in [2.05, 4.69) is 4.99 Å². The second-order valence-corrected chi connectivity index (χ2v) is 9.20. The van der Waals surface area contributed by atoms with Crippen LogP contribution in [0.4, 0.5) is 0 Å². The second kappa shape index (κ2) is 9.43. The molecule has 1 atom stereocenters. The minimum absolute atomic E-state index is 0.000138. The van der Waals surface area contributed by atoms with Gasteiger partial charge in [-0.15, -0.1) is 0 Å². The summed E-state index contributed by atoms with van der Waals surface area (Å²) in [5.74, 6) is -0.395. The molecule has 2 amide bonds. The molecule has 0 N–H and O–H groups in total. The van der Waals surface area contributed by atoms with Crippen molar-refractivity contribution in [3.05, 3.63) is 57.8 Å². The Morgan fingerprint density at radius 1 is 1.06 bits per heavy atom. The number of hydrogen-bond donors (Lipinski definition) is 0. The molecule has 0 aliphatic carbocycles. The van der Waals surface area contributed by atoms with Crippen LogP contribution in [-0.4, -0.2) is 70.9 Å². The van der Waals surface area contributed by atoms with Gasteiger partial charge in [-0.3, -0.25) is 9.59 Å². The van der Waals surface area contributed by atoms with Crippen molar-refractivity contribution in [2.75, 3.05) is 33.3 Å². The zero-order chi connectivity index (χ0) is 23.7. The van der Waals surface area contributed by atoms with Crippen LogP contribution in [0.15, 0.2) is 51.6 Å². The minimum Gasteiger partial charge on any atom is -0.466 e.